The van der Waals surface area contributed by atoms with Crippen LogP contribution in [0.5, 0.6) is 0 Å². The highest BCUT2D eigenvalue weighted by Gasteiger charge is 2.30. The fourth-order valence-corrected chi connectivity index (χ4v) is 2.84. The van der Waals surface area contributed by atoms with Crippen molar-refractivity contribution in [1.82, 2.24) is 20.3 Å². The normalized spacial score (nSPS) is 13.8. The quantitative estimate of drug-likeness (QED) is 0.892. The van der Waals surface area contributed by atoms with Gasteiger partial charge in [-0.05, 0) is 19.9 Å². The van der Waals surface area contributed by atoms with E-state index in [-0.39, 0.29) is 24.4 Å². The number of carbonyl (C=O) groups is 2. The monoisotopic (exact) mass is 354 g/mol. The number of pyridine rings is 1. The van der Waals surface area contributed by atoms with Gasteiger partial charge in [-0.25, -0.2) is 9.97 Å². The highest BCUT2D eigenvalue weighted by atomic mass is 16.2. The zero-order valence-corrected chi connectivity index (χ0v) is 15.4. The summed E-state index contributed by atoms with van der Waals surface area (Å²) in [6.45, 7) is 6.16. The Morgan fingerprint density at radius 1 is 1.35 bits per heavy atom. The topological polar surface area (TPSA) is 91.3 Å². The van der Waals surface area contributed by atoms with Crippen molar-refractivity contribution in [3.8, 4) is 11.4 Å². The van der Waals surface area contributed by atoms with Crippen LogP contribution in [0.4, 0.5) is 11.5 Å². The molecule has 26 heavy (non-hydrogen) atoms. The third kappa shape index (κ3) is 3.35. The molecular formula is C18H22N6O2. The number of rotatable bonds is 4. The number of nitrogens with zero attached hydrogens (tertiary/aromatic N) is 5. The standard InChI is InChI=1S/C18H22N6O2/c1-11(2)24-10-16(26)23(4)15-9-21-17(22-18(15)24)14-5-6-19-7-13(14)8-20-12(3)25/h5-7,9,11H,8,10H2,1-4H3,(H,20,25). The van der Waals surface area contributed by atoms with Crippen LogP contribution < -0.4 is 15.1 Å². The molecule has 3 rings (SSSR count). The van der Waals surface area contributed by atoms with Gasteiger partial charge in [-0.2, -0.15) is 0 Å². The Morgan fingerprint density at radius 3 is 2.81 bits per heavy atom. The molecule has 1 aliphatic rings. The highest BCUT2D eigenvalue weighted by Crippen LogP contribution is 2.33. The Balaban J connectivity index is 2.05. The van der Waals surface area contributed by atoms with Crippen molar-refractivity contribution in [1.29, 1.82) is 0 Å². The molecule has 0 radical (unpaired) electrons. The number of hydrogen-bond acceptors (Lipinski definition) is 6. The molecule has 136 valence electrons. The van der Waals surface area contributed by atoms with Gasteiger partial charge >= 0.3 is 0 Å². The summed E-state index contributed by atoms with van der Waals surface area (Å²) in [5.41, 5.74) is 2.33. The van der Waals surface area contributed by atoms with Crippen LogP contribution in [0.2, 0.25) is 0 Å². The third-order valence-electron chi connectivity index (χ3n) is 4.36. The fraction of sp³-hybridized carbons (Fsp3) is 0.389. The van der Waals surface area contributed by atoms with Gasteiger partial charge in [-0.15, -0.1) is 0 Å². The molecule has 0 saturated heterocycles. The second kappa shape index (κ2) is 7.07. The first-order valence-electron chi connectivity index (χ1n) is 8.46. The molecule has 1 N–H and O–H groups in total. The molecule has 0 aromatic carbocycles. The predicted molar refractivity (Wildman–Crippen MR) is 98.7 cm³/mol. The SMILES string of the molecule is CC(=O)NCc1cnccc1-c1ncc2c(n1)N(C(C)C)CC(=O)N2C. The first-order chi connectivity index (χ1) is 12.4. The lowest BCUT2D eigenvalue weighted by molar-refractivity contribution is -0.119. The molecule has 2 aromatic heterocycles. The predicted octanol–water partition coefficient (Wildman–Crippen LogP) is 1.37. The minimum Gasteiger partial charge on any atom is -0.352 e. The Bertz CT molecular complexity index is 851. The molecule has 0 bridgehead atoms. The maximum atomic E-state index is 12.2. The average Bonchev–Trinajstić information content (AvgIpc) is 2.62. The first kappa shape index (κ1) is 17.8. The molecule has 8 heteroatoms. The van der Waals surface area contributed by atoms with Crippen LogP contribution in [0.3, 0.4) is 0 Å². The molecule has 0 atom stereocenters. The lowest BCUT2D eigenvalue weighted by Crippen LogP contribution is -2.47. The van der Waals surface area contributed by atoms with Crippen molar-refractivity contribution in [2.24, 2.45) is 0 Å². The molecule has 1 aliphatic heterocycles. The number of hydrogen-bond donors (Lipinski definition) is 1. The summed E-state index contributed by atoms with van der Waals surface area (Å²) in [5.74, 6) is 1.17. The van der Waals surface area contributed by atoms with Crippen molar-refractivity contribution in [3.05, 3.63) is 30.2 Å². The van der Waals surface area contributed by atoms with E-state index >= 15 is 0 Å². The largest absolute Gasteiger partial charge is 0.352 e. The molecule has 0 spiro atoms. The van der Waals surface area contributed by atoms with Crippen molar-refractivity contribution in [2.75, 3.05) is 23.4 Å². The van der Waals surface area contributed by atoms with E-state index in [9.17, 15) is 9.59 Å². The minimum absolute atomic E-state index is 0.0119. The van der Waals surface area contributed by atoms with Crippen LogP contribution in [0.1, 0.15) is 26.3 Å². The minimum atomic E-state index is -0.114. The Kier molecular flexibility index (Phi) is 4.83. The van der Waals surface area contributed by atoms with Gasteiger partial charge in [0.05, 0.1) is 12.7 Å². The zero-order chi connectivity index (χ0) is 18.8. The van der Waals surface area contributed by atoms with Gasteiger partial charge in [0.15, 0.2) is 11.6 Å². The summed E-state index contributed by atoms with van der Waals surface area (Å²) in [6, 6.07) is 1.96. The molecule has 0 unspecified atom stereocenters. The van der Waals surface area contributed by atoms with Crippen molar-refractivity contribution in [3.63, 3.8) is 0 Å². The van der Waals surface area contributed by atoms with Crippen LogP contribution in [0.25, 0.3) is 11.4 Å². The number of amides is 2. The van der Waals surface area contributed by atoms with Crippen LogP contribution >= 0.6 is 0 Å². The van der Waals surface area contributed by atoms with Gasteiger partial charge in [-0.1, -0.05) is 0 Å². The summed E-state index contributed by atoms with van der Waals surface area (Å²) < 4.78 is 0. The van der Waals surface area contributed by atoms with E-state index in [1.165, 1.54) is 6.92 Å². The highest BCUT2D eigenvalue weighted by molar-refractivity contribution is 6.02. The molecule has 2 amide bonds. The second-order valence-electron chi connectivity index (χ2n) is 6.52. The number of fused-ring (bicyclic) bond motifs is 1. The van der Waals surface area contributed by atoms with Crippen LogP contribution in [0, 0.1) is 0 Å². The molecule has 0 saturated carbocycles. The Morgan fingerprint density at radius 2 is 2.12 bits per heavy atom. The first-order valence-corrected chi connectivity index (χ1v) is 8.46. The smallest absolute Gasteiger partial charge is 0.246 e. The number of nitrogens with one attached hydrogen (secondary N) is 1. The van der Waals surface area contributed by atoms with Crippen molar-refractivity contribution in [2.45, 2.75) is 33.4 Å². The third-order valence-corrected chi connectivity index (χ3v) is 4.36. The Hall–Kier alpha value is -3.03. The van der Waals surface area contributed by atoms with Crippen LogP contribution in [0.15, 0.2) is 24.7 Å². The van der Waals surface area contributed by atoms with Crippen LogP contribution in [-0.4, -0.2) is 46.4 Å². The van der Waals surface area contributed by atoms with E-state index < -0.39 is 0 Å². The maximum absolute atomic E-state index is 12.2. The van der Waals surface area contributed by atoms with E-state index in [1.807, 2.05) is 24.8 Å². The lowest BCUT2D eigenvalue weighted by atomic mass is 10.1. The summed E-state index contributed by atoms with van der Waals surface area (Å²) in [4.78, 5) is 40.3. The molecular weight excluding hydrogens is 332 g/mol. The molecule has 2 aromatic rings. The van der Waals surface area contributed by atoms with E-state index in [4.69, 9.17) is 4.98 Å². The zero-order valence-electron chi connectivity index (χ0n) is 15.4. The van der Waals surface area contributed by atoms with E-state index in [1.54, 1.807) is 30.5 Å². The molecule has 8 nitrogen and oxygen atoms in total. The second-order valence-corrected chi connectivity index (χ2v) is 6.52. The van der Waals surface area contributed by atoms with Crippen molar-refractivity contribution >= 4 is 23.3 Å². The van der Waals surface area contributed by atoms with Gasteiger partial charge in [0.25, 0.3) is 0 Å². The van der Waals surface area contributed by atoms with Crippen LogP contribution in [-0.2, 0) is 16.1 Å². The number of aromatic nitrogens is 3. The number of anilines is 2. The van der Waals surface area contributed by atoms with E-state index in [2.05, 4.69) is 15.3 Å². The summed E-state index contributed by atoms with van der Waals surface area (Å²) >= 11 is 0. The van der Waals surface area contributed by atoms with Gasteiger partial charge in [0, 0.05) is 50.1 Å². The lowest BCUT2D eigenvalue weighted by Gasteiger charge is -2.36. The molecule has 0 fully saturated rings. The number of likely N-dealkylation sites (N-methyl/N-ethyl adjacent to an activating group) is 1. The Labute approximate surface area is 152 Å². The van der Waals surface area contributed by atoms with Gasteiger partial charge in [0.1, 0.15) is 5.69 Å². The van der Waals surface area contributed by atoms with Gasteiger partial charge in [0.2, 0.25) is 11.8 Å². The maximum Gasteiger partial charge on any atom is 0.246 e. The average molecular weight is 354 g/mol. The van der Waals surface area contributed by atoms with Gasteiger partial charge in [-0.3, -0.25) is 14.6 Å². The van der Waals surface area contributed by atoms with Crippen molar-refractivity contribution < 1.29 is 9.59 Å². The van der Waals surface area contributed by atoms with E-state index in [0.717, 1.165) is 16.9 Å². The number of carbonyl (C=O) groups excluding carboxylic acids is 2. The summed E-state index contributed by atoms with van der Waals surface area (Å²) in [7, 11) is 1.73. The molecule has 0 aliphatic carbocycles. The molecule has 3 heterocycles. The fourth-order valence-electron chi connectivity index (χ4n) is 2.84. The van der Waals surface area contributed by atoms with E-state index in [0.29, 0.717) is 18.1 Å². The summed E-state index contributed by atoms with van der Waals surface area (Å²) in [6.07, 6.45) is 5.04. The summed E-state index contributed by atoms with van der Waals surface area (Å²) in [5, 5.41) is 2.78. The van der Waals surface area contributed by atoms with Gasteiger partial charge < -0.3 is 15.1 Å².